The Bertz CT molecular complexity index is 364. The average molecular weight is 256 g/mol. The molecule has 1 heterocycles. The molecule has 1 aliphatic carbocycles. The normalized spacial score (nSPS) is 28.9. The molecule has 1 aliphatic rings. The third-order valence-corrected chi connectivity index (χ3v) is 4.09. The van der Waals surface area contributed by atoms with Crippen molar-refractivity contribution in [2.75, 3.05) is 6.61 Å². The van der Waals surface area contributed by atoms with Gasteiger partial charge in [0.1, 0.15) is 4.60 Å². The van der Waals surface area contributed by atoms with Gasteiger partial charge >= 0.3 is 0 Å². The van der Waals surface area contributed by atoms with Crippen molar-refractivity contribution in [3.05, 3.63) is 28.5 Å². The zero-order valence-corrected chi connectivity index (χ0v) is 10.0. The number of aliphatic hydroxyl groups excluding tert-OH is 1. The molecule has 0 aromatic carbocycles. The van der Waals surface area contributed by atoms with Gasteiger partial charge in [0.05, 0.1) is 6.61 Å². The fourth-order valence-electron chi connectivity index (χ4n) is 2.27. The van der Waals surface area contributed by atoms with Crippen LogP contribution < -0.4 is 0 Å². The number of aromatic nitrogens is 1. The van der Waals surface area contributed by atoms with E-state index in [1.54, 1.807) is 6.20 Å². The summed E-state index contributed by atoms with van der Waals surface area (Å²) in [5.41, 5.74) is 1.24. The lowest BCUT2D eigenvalue weighted by molar-refractivity contribution is 0.230. The highest BCUT2D eigenvalue weighted by Gasteiger charge is 2.62. The Labute approximate surface area is 92.5 Å². The number of pyridine rings is 1. The van der Waals surface area contributed by atoms with E-state index in [4.69, 9.17) is 0 Å². The lowest BCUT2D eigenvalue weighted by Gasteiger charge is -2.18. The largest absolute Gasteiger partial charge is 0.395 e. The van der Waals surface area contributed by atoms with Crippen LogP contribution in [0.25, 0.3) is 0 Å². The molecule has 3 heteroatoms. The van der Waals surface area contributed by atoms with Crippen LogP contribution in [0.2, 0.25) is 0 Å². The molecule has 1 unspecified atom stereocenters. The SMILES string of the molecule is CC1(C)CC1(CO)c1cccnc1Br. The zero-order valence-electron chi connectivity index (χ0n) is 8.42. The smallest absolute Gasteiger partial charge is 0.109 e. The Morgan fingerprint density at radius 2 is 2.21 bits per heavy atom. The van der Waals surface area contributed by atoms with Crippen LogP contribution in [0, 0.1) is 5.41 Å². The van der Waals surface area contributed by atoms with Gasteiger partial charge in [0.2, 0.25) is 0 Å². The molecule has 0 radical (unpaired) electrons. The average Bonchev–Trinajstić information content (AvgIpc) is 2.70. The summed E-state index contributed by atoms with van der Waals surface area (Å²) in [5, 5.41) is 9.52. The summed E-state index contributed by atoms with van der Waals surface area (Å²) in [6, 6.07) is 3.97. The molecule has 0 bridgehead atoms. The van der Waals surface area contributed by atoms with E-state index in [2.05, 4.69) is 34.8 Å². The number of hydrogen-bond acceptors (Lipinski definition) is 2. The molecule has 2 nitrogen and oxygen atoms in total. The first-order valence-corrected chi connectivity index (χ1v) is 5.55. The second-order valence-electron chi connectivity index (χ2n) is 4.64. The Morgan fingerprint density at radius 1 is 1.57 bits per heavy atom. The molecule has 1 saturated carbocycles. The van der Waals surface area contributed by atoms with Crippen molar-refractivity contribution in [3.63, 3.8) is 0 Å². The van der Waals surface area contributed by atoms with Gasteiger partial charge in [0.25, 0.3) is 0 Å². The molecular formula is C11H14BrNO. The Morgan fingerprint density at radius 3 is 2.64 bits per heavy atom. The molecule has 2 rings (SSSR count). The van der Waals surface area contributed by atoms with Gasteiger partial charge in [0, 0.05) is 11.6 Å². The number of nitrogens with zero attached hydrogens (tertiary/aromatic N) is 1. The fraction of sp³-hybridized carbons (Fsp3) is 0.545. The highest BCUT2D eigenvalue weighted by molar-refractivity contribution is 9.10. The van der Waals surface area contributed by atoms with E-state index in [1.165, 1.54) is 0 Å². The molecule has 1 aromatic rings. The highest BCUT2D eigenvalue weighted by atomic mass is 79.9. The fourth-order valence-corrected chi connectivity index (χ4v) is 2.90. The van der Waals surface area contributed by atoms with Crippen molar-refractivity contribution in [2.45, 2.75) is 25.7 Å². The lowest BCUT2D eigenvalue weighted by atomic mass is 9.90. The van der Waals surface area contributed by atoms with Gasteiger partial charge in [-0.3, -0.25) is 0 Å². The van der Waals surface area contributed by atoms with E-state index in [0.717, 1.165) is 16.6 Å². The van der Waals surface area contributed by atoms with E-state index >= 15 is 0 Å². The van der Waals surface area contributed by atoms with Crippen LogP contribution in [0.3, 0.4) is 0 Å². The summed E-state index contributed by atoms with van der Waals surface area (Å²) >= 11 is 3.44. The number of rotatable bonds is 2. The molecule has 76 valence electrons. The molecule has 1 atom stereocenters. The standard InChI is InChI=1S/C11H14BrNO/c1-10(2)6-11(10,7-14)8-4-3-5-13-9(8)12/h3-5,14H,6-7H2,1-2H3. The van der Waals surface area contributed by atoms with Gasteiger partial charge in [-0.1, -0.05) is 19.9 Å². The van der Waals surface area contributed by atoms with Crippen LogP contribution in [0.4, 0.5) is 0 Å². The summed E-state index contributed by atoms with van der Waals surface area (Å²) in [6.07, 6.45) is 2.79. The monoisotopic (exact) mass is 255 g/mol. The van der Waals surface area contributed by atoms with Gasteiger partial charge in [-0.2, -0.15) is 0 Å². The number of halogens is 1. The van der Waals surface area contributed by atoms with Crippen molar-refractivity contribution < 1.29 is 5.11 Å². The zero-order chi connectivity index (χ0) is 10.4. The molecule has 1 N–H and O–H groups in total. The third-order valence-electron chi connectivity index (χ3n) is 3.46. The minimum Gasteiger partial charge on any atom is -0.395 e. The second kappa shape index (κ2) is 3.04. The van der Waals surface area contributed by atoms with Gasteiger partial charge in [0.15, 0.2) is 0 Å². The number of hydrogen-bond donors (Lipinski definition) is 1. The third kappa shape index (κ3) is 1.22. The second-order valence-corrected chi connectivity index (χ2v) is 5.39. The van der Waals surface area contributed by atoms with Gasteiger partial charge in [-0.15, -0.1) is 0 Å². The Hall–Kier alpha value is -0.410. The van der Waals surface area contributed by atoms with Gasteiger partial charge < -0.3 is 5.11 Å². The van der Waals surface area contributed by atoms with Crippen LogP contribution in [0.15, 0.2) is 22.9 Å². The molecule has 0 amide bonds. The van der Waals surface area contributed by atoms with Gasteiger partial charge in [-0.25, -0.2) is 4.98 Å². The first kappa shape index (κ1) is 10.1. The first-order chi connectivity index (χ1) is 6.53. The first-order valence-electron chi connectivity index (χ1n) is 4.75. The van der Waals surface area contributed by atoms with E-state index in [-0.39, 0.29) is 17.4 Å². The van der Waals surface area contributed by atoms with Crippen molar-refractivity contribution in [1.82, 2.24) is 4.98 Å². The topological polar surface area (TPSA) is 33.1 Å². The maximum absolute atomic E-state index is 9.52. The summed E-state index contributed by atoms with van der Waals surface area (Å²) in [7, 11) is 0. The highest BCUT2D eigenvalue weighted by Crippen LogP contribution is 2.64. The van der Waals surface area contributed by atoms with Crippen LogP contribution in [-0.2, 0) is 5.41 Å². The van der Waals surface area contributed by atoms with Crippen molar-refractivity contribution in [3.8, 4) is 0 Å². The predicted molar refractivity (Wildman–Crippen MR) is 59.1 cm³/mol. The number of aliphatic hydroxyl groups is 1. The van der Waals surface area contributed by atoms with E-state index in [1.807, 2.05) is 12.1 Å². The maximum Gasteiger partial charge on any atom is 0.109 e. The summed E-state index contributed by atoms with van der Waals surface area (Å²) < 4.78 is 0.861. The lowest BCUT2D eigenvalue weighted by Crippen LogP contribution is -2.20. The summed E-state index contributed by atoms with van der Waals surface area (Å²) in [4.78, 5) is 4.20. The maximum atomic E-state index is 9.52. The van der Waals surface area contributed by atoms with Crippen LogP contribution in [-0.4, -0.2) is 16.7 Å². The molecule has 0 aliphatic heterocycles. The van der Waals surface area contributed by atoms with Crippen molar-refractivity contribution in [2.24, 2.45) is 5.41 Å². The Kier molecular flexibility index (Phi) is 2.20. The molecular weight excluding hydrogens is 242 g/mol. The summed E-state index contributed by atoms with van der Waals surface area (Å²) in [6.45, 7) is 4.57. The summed E-state index contributed by atoms with van der Waals surface area (Å²) in [5.74, 6) is 0. The van der Waals surface area contributed by atoms with Crippen LogP contribution in [0.1, 0.15) is 25.8 Å². The van der Waals surface area contributed by atoms with E-state index < -0.39 is 0 Å². The Balaban J connectivity index is 2.46. The van der Waals surface area contributed by atoms with Crippen LogP contribution >= 0.6 is 15.9 Å². The molecule has 0 saturated heterocycles. The van der Waals surface area contributed by atoms with Crippen LogP contribution in [0.5, 0.6) is 0 Å². The molecule has 1 aromatic heterocycles. The molecule has 0 spiro atoms. The predicted octanol–water partition coefficient (Wildman–Crippen LogP) is 2.50. The van der Waals surface area contributed by atoms with E-state index in [0.29, 0.717) is 0 Å². The van der Waals surface area contributed by atoms with Crippen molar-refractivity contribution in [1.29, 1.82) is 0 Å². The quantitative estimate of drug-likeness (QED) is 0.825. The van der Waals surface area contributed by atoms with E-state index in [9.17, 15) is 5.11 Å². The van der Waals surface area contributed by atoms with Gasteiger partial charge in [-0.05, 0) is 39.4 Å². The van der Waals surface area contributed by atoms with Crippen molar-refractivity contribution >= 4 is 15.9 Å². The minimum absolute atomic E-state index is 0.0832. The molecule has 1 fully saturated rings. The minimum atomic E-state index is -0.0832. The molecule has 14 heavy (non-hydrogen) atoms.